The molecule has 1 aromatic rings. The molecule has 3 rings (SSSR count). The number of likely N-dealkylation sites (tertiary alicyclic amines) is 1. The van der Waals surface area contributed by atoms with Crippen molar-refractivity contribution in [2.45, 2.75) is 31.1 Å². The molecule has 4 nitrogen and oxygen atoms in total. The molecule has 1 aromatic carbocycles. The van der Waals surface area contributed by atoms with Crippen LogP contribution in [0.1, 0.15) is 31.2 Å². The predicted octanol–water partition coefficient (Wildman–Crippen LogP) is 2.33. The number of carbonyl (C=O) groups is 1. The summed E-state index contributed by atoms with van der Waals surface area (Å²) in [6.45, 7) is 3.73. The summed E-state index contributed by atoms with van der Waals surface area (Å²) < 4.78 is 18.9. The summed E-state index contributed by atoms with van der Waals surface area (Å²) in [4.78, 5) is 15.5. The Hall–Kier alpha value is -1.46. The van der Waals surface area contributed by atoms with Gasteiger partial charge in [0, 0.05) is 26.3 Å². The fourth-order valence-electron chi connectivity index (χ4n) is 4.12. The summed E-state index contributed by atoms with van der Waals surface area (Å²) in [6.07, 6.45) is 3.56. The van der Waals surface area contributed by atoms with E-state index in [0.29, 0.717) is 32.0 Å². The number of benzene rings is 1. The maximum absolute atomic E-state index is 13.5. The first-order valence-corrected chi connectivity index (χ1v) is 8.93. The van der Waals surface area contributed by atoms with Crippen LogP contribution in [0.2, 0.25) is 0 Å². The van der Waals surface area contributed by atoms with E-state index < -0.39 is 5.41 Å². The average Bonchev–Trinajstić information content (AvgIpc) is 2.63. The molecule has 0 spiro atoms. The molecular weight excluding hydrogens is 307 g/mol. The molecule has 1 amide bonds. The van der Waals surface area contributed by atoms with Gasteiger partial charge in [-0.15, -0.1) is 0 Å². The third-order valence-corrected chi connectivity index (χ3v) is 5.45. The van der Waals surface area contributed by atoms with Gasteiger partial charge in [0.05, 0.1) is 5.41 Å². The fraction of sp³-hybridized carbons (Fsp3) is 0.632. The Balaban J connectivity index is 1.85. The number of piperidine rings is 1. The van der Waals surface area contributed by atoms with Gasteiger partial charge in [-0.05, 0) is 62.9 Å². The van der Waals surface area contributed by atoms with Crippen molar-refractivity contribution in [2.75, 3.05) is 39.9 Å². The largest absolute Gasteiger partial charge is 0.381 e. The van der Waals surface area contributed by atoms with E-state index in [1.165, 1.54) is 12.1 Å². The van der Waals surface area contributed by atoms with Crippen molar-refractivity contribution >= 4 is 5.91 Å². The Labute approximate surface area is 143 Å². The van der Waals surface area contributed by atoms with Crippen LogP contribution in [-0.4, -0.2) is 50.7 Å². The maximum Gasteiger partial charge on any atom is 0.233 e. The van der Waals surface area contributed by atoms with Crippen LogP contribution in [0, 0.1) is 11.7 Å². The number of ether oxygens (including phenoxy) is 1. The number of hydrogen-bond acceptors (Lipinski definition) is 3. The smallest absolute Gasteiger partial charge is 0.233 e. The second-order valence-corrected chi connectivity index (χ2v) is 7.02. The van der Waals surface area contributed by atoms with E-state index in [1.807, 2.05) is 11.9 Å². The average molecular weight is 334 g/mol. The molecule has 2 aliphatic rings. The Morgan fingerprint density at radius 2 is 2.04 bits per heavy atom. The lowest BCUT2D eigenvalue weighted by Crippen LogP contribution is -2.53. The lowest BCUT2D eigenvalue weighted by Gasteiger charge is -2.42. The van der Waals surface area contributed by atoms with E-state index in [2.05, 4.69) is 5.32 Å². The van der Waals surface area contributed by atoms with Gasteiger partial charge >= 0.3 is 0 Å². The second kappa shape index (κ2) is 7.62. The van der Waals surface area contributed by atoms with Gasteiger partial charge in [-0.2, -0.15) is 0 Å². The molecule has 0 radical (unpaired) electrons. The number of carbonyl (C=O) groups excluding carboxylic acids is 1. The van der Waals surface area contributed by atoms with Gasteiger partial charge in [-0.3, -0.25) is 4.79 Å². The first kappa shape index (κ1) is 17.4. The van der Waals surface area contributed by atoms with Crippen molar-refractivity contribution in [3.8, 4) is 0 Å². The fourth-order valence-corrected chi connectivity index (χ4v) is 4.12. The van der Waals surface area contributed by atoms with Crippen molar-refractivity contribution in [3.05, 3.63) is 35.6 Å². The van der Waals surface area contributed by atoms with E-state index in [4.69, 9.17) is 4.74 Å². The normalized spacial score (nSPS) is 23.9. The highest BCUT2D eigenvalue weighted by atomic mass is 19.1. The van der Waals surface area contributed by atoms with Crippen LogP contribution in [0.3, 0.4) is 0 Å². The predicted molar refractivity (Wildman–Crippen MR) is 91.4 cm³/mol. The van der Waals surface area contributed by atoms with Gasteiger partial charge < -0.3 is 15.0 Å². The molecule has 0 aliphatic carbocycles. The molecule has 2 heterocycles. The van der Waals surface area contributed by atoms with Gasteiger partial charge in [-0.25, -0.2) is 4.39 Å². The molecule has 0 saturated carbocycles. The Morgan fingerprint density at radius 3 is 2.71 bits per heavy atom. The lowest BCUT2D eigenvalue weighted by molar-refractivity contribution is -0.143. The zero-order valence-corrected chi connectivity index (χ0v) is 14.4. The van der Waals surface area contributed by atoms with Crippen LogP contribution in [0.15, 0.2) is 24.3 Å². The van der Waals surface area contributed by atoms with Gasteiger partial charge in [-0.1, -0.05) is 12.1 Å². The molecule has 24 heavy (non-hydrogen) atoms. The summed E-state index contributed by atoms with van der Waals surface area (Å²) in [5, 5.41) is 3.22. The van der Waals surface area contributed by atoms with Crippen LogP contribution >= 0.6 is 0 Å². The number of halogens is 1. The summed E-state index contributed by atoms with van der Waals surface area (Å²) in [7, 11) is 1.96. The molecule has 1 atom stereocenters. The van der Waals surface area contributed by atoms with Gasteiger partial charge in [0.2, 0.25) is 5.91 Å². The molecule has 132 valence electrons. The zero-order chi connectivity index (χ0) is 17.0. The van der Waals surface area contributed by atoms with E-state index in [0.717, 1.165) is 38.0 Å². The van der Waals surface area contributed by atoms with Crippen molar-refractivity contribution in [1.29, 1.82) is 0 Å². The van der Waals surface area contributed by atoms with Crippen LogP contribution in [-0.2, 0) is 14.9 Å². The summed E-state index contributed by atoms with van der Waals surface area (Å²) in [6, 6.07) is 6.46. The summed E-state index contributed by atoms with van der Waals surface area (Å²) in [5.74, 6) is 0.441. The van der Waals surface area contributed by atoms with Crippen molar-refractivity contribution < 1.29 is 13.9 Å². The van der Waals surface area contributed by atoms with E-state index in [1.54, 1.807) is 12.1 Å². The maximum atomic E-state index is 13.5. The standard InChI is InChI=1S/C19H27FN2O2/c1-21-13-15-3-2-10-22(14-15)18(23)19(8-11-24-12-9-19)16-4-6-17(20)7-5-16/h4-7,15,21H,2-3,8-14H2,1H3. The van der Waals surface area contributed by atoms with Crippen LogP contribution in [0.25, 0.3) is 0 Å². The Bertz CT molecular complexity index is 553. The first-order chi connectivity index (χ1) is 11.7. The molecule has 2 aliphatic heterocycles. The highest BCUT2D eigenvalue weighted by Crippen LogP contribution is 2.38. The molecular formula is C19H27FN2O2. The van der Waals surface area contributed by atoms with E-state index >= 15 is 0 Å². The quantitative estimate of drug-likeness (QED) is 0.919. The number of hydrogen-bond donors (Lipinski definition) is 1. The van der Waals surface area contributed by atoms with Crippen molar-refractivity contribution in [3.63, 3.8) is 0 Å². The first-order valence-electron chi connectivity index (χ1n) is 8.93. The summed E-state index contributed by atoms with van der Waals surface area (Å²) in [5.41, 5.74) is 0.362. The number of rotatable bonds is 4. The second-order valence-electron chi connectivity index (χ2n) is 7.02. The molecule has 1 unspecified atom stereocenters. The highest BCUT2D eigenvalue weighted by molar-refractivity contribution is 5.88. The third-order valence-electron chi connectivity index (χ3n) is 5.45. The van der Waals surface area contributed by atoms with Gasteiger partial charge in [0.15, 0.2) is 0 Å². The van der Waals surface area contributed by atoms with E-state index in [9.17, 15) is 9.18 Å². The molecule has 0 aromatic heterocycles. The number of nitrogens with zero attached hydrogens (tertiary/aromatic N) is 1. The summed E-state index contributed by atoms with van der Waals surface area (Å²) >= 11 is 0. The van der Waals surface area contributed by atoms with Gasteiger partial charge in [0.1, 0.15) is 5.82 Å². The monoisotopic (exact) mass is 334 g/mol. The minimum absolute atomic E-state index is 0.193. The topological polar surface area (TPSA) is 41.6 Å². The minimum atomic E-state index is -0.562. The SMILES string of the molecule is CNCC1CCCN(C(=O)C2(c3ccc(F)cc3)CCOCC2)C1. The number of nitrogens with one attached hydrogen (secondary N) is 1. The van der Waals surface area contributed by atoms with Gasteiger partial charge in [0.25, 0.3) is 0 Å². The van der Waals surface area contributed by atoms with Crippen molar-refractivity contribution in [2.24, 2.45) is 5.92 Å². The van der Waals surface area contributed by atoms with Crippen LogP contribution in [0.4, 0.5) is 4.39 Å². The molecule has 1 N–H and O–H groups in total. The lowest BCUT2D eigenvalue weighted by atomic mass is 9.72. The van der Waals surface area contributed by atoms with Crippen LogP contribution in [0.5, 0.6) is 0 Å². The van der Waals surface area contributed by atoms with Crippen molar-refractivity contribution in [1.82, 2.24) is 10.2 Å². The Kier molecular flexibility index (Phi) is 5.51. The highest BCUT2D eigenvalue weighted by Gasteiger charge is 2.44. The zero-order valence-electron chi connectivity index (χ0n) is 14.4. The molecule has 5 heteroatoms. The Morgan fingerprint density at radius 1 is 1.33 bits per heavy atom. The molecule has 2 saturated heterocycles. The van der Waals surface area contributed by atoms with E-state index in [-0.39, 0.29) is 11.7 Å². The van der Waals surface area contributed by atoms with Crippen LogP contribution < -0.4 is 5.32 Å². The third kappa shape index (κ3) is 3.47. The molecule has 2 fully saturated rings. The minimum Gasteiger partial charge on any atom is -0.381 e. The molecule has 0 bridgehead atoms. The number of amides is 1.